The van der Waals surface area contributed by atoms with E-state index in [1.54, 1.807) is 0 Å². The molecule has 6 nitrogen and oxygen atoms in total. The first-order valence-electron chi connectivity index (χ1n) is 4.24. The molecular weight excluding hydrogens is 188 g/mol. The lowest BCUT2D eigenvalue weighted by Gasteiger charge is -2.25. The Kier molecular flexibility index (Phi) is 2.64. The molecule has 0 aromatic heterocycles. The molecule has 14 heavy (non-hydrogen) atoms. The molecule has 4 N–H and O–H groups in total. The molecule has 0 aromatic rings. The van der Waals surface area contributed by atoms with Gasteiger partial charge in [0.2, 0.25) is 5.66 Å². The van der Waals surface area contributed by atoms with Crippen LogP contribution < -0.4 is 10.6 Å². The number of carboxylic acid groups (broad SMARTS) is 2. The van der Waals surface area contributed by atoms with Gasteiger partial charge >= 0.3 is 11.9 Å². The van der Waals surface area contributed by atoms with Gasteiger partial charge < -0.3 is 20.8 Å². The van der Waals surface area contributed by atoms with Crippen LogP contribution >= 0.6 is 0 Å². The molecule has 0 fully saturated rings. The van der Waals surface area contributed by atoms with E-state index >= 15 is 0 Å². The lowest BCUT2D eigenvalue weighted by Crippen LogP contribution is -2.56. The van der Waals surface area contributed by atoms with Gasteiger partial charge in [-0.2, -0.15) is 0 Å². The summed E-state index contributed by atoms with van der Waals surface area (Å²) >= 11 is 0. The molecule has 1 atom stereocenters. The third-order valence-electron chi connectivity index (χ3n) is 2.03. The summed E-state index contributed by atoms with van der Waals surface area (Å²) in [7, 11) is 0. The molecule has 1 heterocycles. The smallest absolute Gasteiger partial charge is 0.353 e. The summed E-state index contributed by atoms with van der Waals surface area (Å²) in [5, 5.41) is 22.6. The minimum atomic E-state index is -1.36. The fraction of sp³-hybridized carbons (Fsp3) is 0.500. The summed E-state index contributed by atoms with van der Waals surface area (Å²) in [5.74, 6) is -2.27. The quantitative estimate of drug-likeness (QED) is 0.496. The van der Waals surface area contributed by atoms with Crippen LogP contribution in [0.5, 0.6) is 0 Å². The second kappa shape index (κ2) is 3.57. The number of rotatable bonds is 4. The van der Waals surface area contributed by atoms with E-state index in [0.29, 0.717) is 12.8 Å². The summed E-state index contributed by atoms with van der Waals surface area (Å²) in [6.45, 7) is 1.83. The van der Waals surface area contributed by atoms with Crippen LogP contribution in [-0.2, 0) is 9.59 Å². The first kappa shape index (κ1) is 10.4. The van der Waals surface area contributed by atoms with E-state index in [1.165, 1.54) is 6.20 Å². The molecule has 0 spiro atoms. The minimum absolute atomic E-state index is 0.124. The van der Waals surface area contributed by atoms with Crippen molar-refractivity contribution in [1.29, 1.82) is 0 Å². The largest absolute Gasteiger partial charge is 0.478 e. The Morgan fingerprint density at radius 1 is 1.50 bits per heavy atom. The average molecular weight is 200 g/mol. The van der Waals surface area contributed by atoms with E-state index in [9.17, 15) is 9.59 Å². The van der Waals surface area contributed by atoms with Gasteiger partial charge in [-0.25, -0.2) is 9.59 Å². The number of carboxylic acids is 2. The van der Waals surface area contributed by atoms with Crippen molar-refractivity contribution >= 4 is 11.9 Å². The van der Waals surface area contributed by atoms with E-state index in [4.69, 9.17) is 10.2 Å². The van der Waals surface area contributed by atoms with Crippen molar-refractivity contribution in [1.82, 2.24) is 10.6 Å². The highest BCUT2D eigenvalue weighted by Gasteiger charge is 2.42. The summed E-state index contributed by atoms with van der Waals surface area (Å²) in [5.41, 5.74) is -1.48. The van der Waals surface area contributed by atoms with Crippen LogP contribution in [-0.4, -0.2) is 27.8 Å². The predicted octanol–water partition coefficient (Wildman–Crippen LogP) is -0.314. The molecule has 78 valence electrons. The van der Waals surface area contributed by atoms with Crippen LogP contribution in [0.15, 0.2) is 11.9 Å². The van der Waals surface area contributed by atoms with E-state index < -0.39 is 17.6 Å². The topological polar surface area (TPSA) is 98.7 Å². The van der Waals surface area contributed by atoms with Gasteiger partial charge in [0.15, 0.2) is 0 Å². The molecule has 0 radical (unpaired) electrons. The Morgan fingerprint density at radius 3 is 2.50 bits per heavy atom. The van der Waals surface area contributed by atoms with E-state index in [-0.39, 0.29) is 5.70 Å². The van der Waals surface area contributed by atoms with E-state index in [2.05, 4.69) is 10.6 Å². The van der Waals surface area contributed by atoms with Crippen LogP contribution in [0.1, 0.15) is 19.8 Å². The Labute approximate surface area is 80.6 Å². The summed E-state index contributed by atoms with van der Waals surface area (Å²) < 4.78 is 0. The second-order valence-corrected chi connectivity index (χ2v) is 3.09. The molecule has 1 aliphatic heterocycles. The van der Waals surface area contributed by atoms with Crippen molar-refractivity contribution in [3.63, 3.8) is 0 Å². The fourth-order valence-electron chi connectivity index (χ4n) is 1.34. The third-order valence-corrected chi connectivity index (χ3v) is 2.03. The van der Waals surface area contributed by atoms with Crippen LogP contribution in [0.3, 0.4) is 0 Å². The Hall–Kier alpha value is -1.72. The zero-order chi connectivity index (χ0) is 10.8. The SMILES string of the molecule is CCCC1(C(=O)O)NC=C(C(=O)O)N1. The van der Waals surface area contributed by atoms with Crippen LogP contribution in [0, 0.1) is 0 Å². The van der Waals surface area contributed by atoms with Crippen LogP contribution in [0.4, 0.5) is 0 Å². The van der Waals surface area contributed by atoms with Crippen molar-refractivity contribution in [3.05, 3.63) is 11.9 Å². The summed E-state index contributed by atoms with van der Waals surface area (Å²) in [6, 6.07) is 0. The van der Waals surface area contributed by atoms with Crippen molar-refractivity contribution in [2.45, 2.75) is 25.4 Å². The molecule has 1 aliphatic rings. The molecule has 1 unspecified atom stereocenters. The molecular formula is C8H12N2O4. The monoisotopic (exact) mass is 200 g/mol. The van der Waals surface area contributed by atoms with Gasteiger partial charge in [-0.3, -0.25) is 0 Å². The third kappa shape index (κ3) is 1.63. The second-order valence-electron chi connectivity index (χ2n) is 3.09. The molecule has 6 heteroatoms. The lowest BCUT2D eigenvalue weighted by molar-refractivity contribution is -0.145. The van der Waals surface area contributed by atoms with Gasteiger partial charge in [0.05, 0.1) is 0 Å². The molecule has 0 saturated carbocycles. The van der Waals surface area contributed by atoms with Gasteiger partial charge in [0.1, 0.15) is 5.70 Å². The van der Waals surface area contributed by atoms with Crippen LogP contribution in [0.25, 0.3) is 0 Å². The molecule has 0 bridgehead atoms. The highest BCUT2D eigenvalue weighted by atomic mass is 16.4. The maximum Gasteiger partial charge on any atom is 0.353 e. The molecule has 0 aromatic carbocycles. The maximum absolute atomic E-state index is 10.9. The van der Waals surface area contributed by atoms with E-state index in [1.807, 2.05) is 6.92 Å². The standard InChI is InChI=1S/C8H12N2O4/c1-2-3-8(7(13)14)9-4-5(10-8)6(11)12/h4,9-10H,2-3H2,1H3,(H,11,12)(H,13,14). The van der Waals surface area contributed by atoms with Gasteiger partial charge in [-0.1, -0.05) is 13.3 Å². The van der Waals surface area contributed by atoms with Crippen LogP contribution in [0.2, 0.25) is 0 Å². The number of nitrogens with one attached hydrogen (secondary N) is 2. The summed E-state index contributed by atoms with van der Waals surface area (Å²) in [6.07, 6.45) is 2.12. The lowest BCUT2D eigenvalue weighted by atomic mass is 10.1. The Balaban J connectivity index is 2.79. The first-order chi connectivity index (χ1) is 6.52. The zero-order valence-electron chi connectivity index (χ0n) is 7.70. The van der Waals surface area contributed by atoms with Crippen molar-refractivity contribution in [2.24, 2.45) is 0 Å². The molecule has 1 rings (SSSR count). The number of carbonyl (C=O) groups is 2. The van der Waals surface area contributed by atoms with Gasteiger partial charge in [-0.05, 0) is 6.42 Å². The molecule has 0 aliphatic carbocycles. The van der Waals surface area contributed by atoms with E-state index in [0.717, 1.165) is 0 Å². The number of aliphatic carboxylic acids is 2. The van der Waals surface area contributed by atoms with Gasteiger partial charge in [-0.15, -0.1) is 0 Å². The van der Waals surface area contributed by atoms with Gasteiger partial charge in [0.25, 0.3) is 0 Å². The van der Waals surface area contributed by atoms with Crippen molar-refractivity contribution in [2.75, 3.05) is 0 Å². The zero-order valence-corrected chi connectivity index (χ0v) is 7.70. The normalized spacial score (nSPS) is 24.8. The molecule has 0 amide bonds. The van der Waals surface area contributed by atoms with Gasteiger partial charge in [0, 0.05) is 6.20 Å². The maximum atomic E-state index is 10.9. The van der Waals surface area contributed by atoms with Crippen molar-refractivity contribution in [3.8, 4) is 0 Å². The highest BCUT2D eigenvalue weighted by Crippen LogP contribution is 2.17. The average Bonchev–Trinajstić information content (AvgIpc) is 2.50. The summed E-state index contributed by atoms with van der Waals surface area (Å²) in [4.78, 5) is 21.5. The molecule has 0 saturated heterocycles. The highest BCUT2D eigenvalue weighted by molar-refractivity contribution is 5.90. The first-order valence-corrected chi connectivity index (χ1v) is 4.24. The number of hydrogen-bond donors (Lipinski definition) is 4. The Bertz CT molecular complexity index is 300. The van der Waals surface area contributed by atoms with Crippen molar-refractivity contribution < 1.29 is 19.8 Å². The fourth-order valence-corrected chi connectivity index (χ4v) is 1.34. The Morgan fingerprint density at radius 2 is 2.14 bits per heavy atom. The minimum Gasteiger partial charge on any atom is -0.478 e. The predicted molar refractivity (Wildman–Crippen MR) is 47.3 cm³/mol. The number of hydrogen-bond acceptors (Lipinski definition) is 4.